The molecule has 1 aromatic rings. The van der Waals surface area contributed by atoms with Gasteiger partial charge in [-0.15, -0.1) is 11.3 Å². The van der Waals surface area contributed by atoms with Crippen molar-refractivity contribution in [2.45, 2.75) is 33.1 Å². The number of rotatable bonds is 7. The second kappa shape index (κ2) is 8.47. The fourth-order valence-corrected chi connectivity index (χ4v) is 2.03. The highest BCUT2D eigenvalue weighted by Gasteiger charge is 2.09. The quantitative estimate of drug-likeness (QED) is 0.594. The largest absolute Gasteiger partial charge is 0.466 e. The Kier molecular flexibility index (Phi) is 6.88. The Bertz CT molecular complexity index is 420. The Hall–Kier alpha value is -1.63. The van der Waals surface area contributed by atoms with E-state index >= 15 is 0 Å². The number of esters is 1. The minimum atomic E-state index is -0.313. The van der Waals surface area contributed by atoms with Gasteiger partial charge in [-0.3, -0.25) is 10.1 Å². The maximum Gasteiger partial charge on any atom is 0.321 e. The number of ether oxygens (including phenoxy) is 1. The van der Waals surface area contributed by atoms with Crippen molar-refractivity contribution in [3.8, 4) is 0 Å². The first-order chi connectivity index (χ1) is 9.15. The van der Waals surface area contributed by atoms with Crippen LogP contribution in [0.25, 0.3) is 0 Å². The molecular formula is C12H19N3O3S. The maximum absolute atomic E-state index is 11.5. The molecule has 2 N–H and O–H groups in total. The normalized spacial score (nSPS) is 10.0. The van der Waals surface area contributed by atoms with E-state index in [2.05, 4.69) is 22.5 Å². The Balaban J connectivity index is 2.37. The summed E-state index contributed by atoms with van der Waals surface area (Å²) in [7, 11) is 0. The molecule has 106 valence electrons. The van der Waals surface area contributed by atoms with Crippen molar-refractivity contribution in [2.24, 2.45) is 0 Å². The Morgan fingerprint density at radius 1 is 1.42 bits per heavy atom. The molecule has 0 unspecified atom stereocenters. The molecule has 0 saturated heterocycles. The third kappa shape index (κ3) is 6.19. The topological polar surface area (TPSA) is 80.3 Å². The number of thiazole rings is 1. The average molecular weight is 285 g/mol. The molecule has 7 heteroatoms. The SMILES string of the molecule is CCCCNC(=O)Nc1nc(CC(=O)OCC)cs1. The van der Waals surface area contributed by atoms with Gasteiger partial charge in [0.2, 0.25) is 0 Å². The van der Waals surface area contributed by atoms with Gasteiger partial charge in [-0.05, 0) is 13.3 Å². The number of aromatic nitrogens is 1. The van der Waals surface area contributed by atoms with Crippen LogP contribution in [0, 0.1) is 0 Å². The van der Waals surface area contributed by atoms with Crippen LogP contribution in [-0.4, -0.2) is 30.1 Å². The number of amides is 2. The summed E-state index contributed by atoms with van der Waals surface area (Å²) >= 11 is 1.29. The minimum absolute atomic E-state index is 0.128. The molecule has 0 saturated carbocycles. The van der Waals surface area contributed by atoms with Gasteiger partial charge in [0.05, 0.1) is 18.7 Å². The number of urea groups is 1. The van der Waals surface area contributed by atoms with Crippen LogP contribution in [-0.2, 0) is 16.0 Å². The van der Waals surface area contributed by atoms with Gasteiger partial charge in [-0.1, -0.05) is 13.3 Å². The molecule has 2 amide bonds. The highest BCUT2D eigenvalue weighted by molar-refractivity contribution is 7.13. The van der Waals surface area contributed by atoms with E-state index in [-0.39, 0.29) is 18.4 Å². The van der Waals surface area contributed by atoms with E-state index in [0.29, 0.717) is 24.0 Å². The lowest BCUT2D eigenvalue weighted by Gasteiger charge is -2.03. The predicted molar refractivity (Wildman–Crippen MR) is 74.4 cm³/mol. The lowest BCUT2D eigenvalue weighted by molar-refractivity contribution is -0.142. The van der Waals surface area contributed by atoms with Crippen LogP contribution in [0.5, 0.6) is 0 Å². The van der Waals surface area contributed by atoms with Crippen molar-refractivity contribution in [1.82, 2.24) is 10.3 Å². The first-order valence-corrected chi connectivity index (χ1v) is 7.18. The number of hydrogen-bond acceptors (Lipinski definition) is 5. The maximum atomic E-state index is 11.5. The van der Waals surface area contributed by atoms with Crippen LogP contribution < -0.4 is 10.6 Å². The predicted octanol–water partition coefficient (Wildman–Crippen LogP) is 2.17. The number of unbranched alkanes of at least 4 members (excludes halogenated alkanes) is 1. The van der Waals surface area contributed by atoms with E-state index < -0.39 is 0 Å². The van der Waals surface area contributed by atoms with Crippen molar-refractivity contribution >= 4 is 28.5 Å². The molecule has 0 radical (unpaired) electrons. The highest BCUT2D eigenvalue weighted by atomic mass is 32.1. The number of carbonyl (C=O) groups excluding carboxylic acids is 2. The van der Waals surface area contributed by atoms with Crippen molar-refractivity contribution in [1.29, 1.82) is 0 Å². The number of hydrogen-bond donors (Lipinski definition) is 2. The lowest BCUT2D eigenvalue weighted by atomic mass is 10.3. The van der Waals surface area contributed by atoms with Crippen molar-refractivity contribution < 1.29 is 14.3 Å². The van der Waals surface area contributed by atoms with Gasteiger partial charge >= 0.3 is 12.0 Å². The molecular weight excluding hydrogens is 266 g/mol. The summed E-state index contributed by atoms with van der Waals surface area (Å²) in [6, 6.07) is -0.273. The zero-order valence-electron chi connectivity index (χ0n) is 11.2. The van der Waals surface area contributed by atoms with Crippen LogP contribution in [0.15, 0.2) is 5.38 Å². The van der Waals surface area contributed by atoms with Crippen LogP contribution in [0.4, 0.5) is 9.93 Å². The van der Waals surface area contributed by atoms with Crippen LogP contribution in [0.2, 0.25) is 0 Å². The first kappa shape index (κ1) is 15.4. The Labute approximate surface area is 116 Å². The summed E-state index contributed by atoms with van der Waals surface area (Å²) in [6.45, 7) is 4.81. The Morgan fingerprint density at radius 3 is 2.89 bits per heavy atom. The van der Waals surface area contributed by atoms with Crippen LogP contribution in [0.1, 0.15) is 32.4 Å². The van der Waals surface area contributed by atoms with Crippen LogP contribution >= 0.6 is 11.3 Å². The van der Waals surface area contributed by atoms with Crippen molar-refractivity contribution in [3.63, 3.8) is 0 Å². The van der Waals surface area contributed by atoms with E-state index in [4.69, 9.17) is 4.74 Å². The van der Waals surface area contributed by atoms with E-state index in [1.54, 1.807) is 12.3 Å². The zero-order chi connectivity index (χ0) is 14.1. The molecule has 1 rings (SSSR count). The molecule has 1 heterocycles. The molecule has 0 aliphatic rings. The van der Waals surface area contributed by atoms with Crippen LogP contribution in [0.3, 0.4) is 0 Å². The highest BCUT2D eigenvalue weighted by Crippen LogP contribution is 2.15. The third-order valence-corrected chi connectivity index (χ3v) is 3.03. The molecule has 0 bridgehead atoms. The van der Waals surface area contributed by atoms with Gasteiger partial charge in [-0.2, -0.15) is 0 Å². The zero-order valence-corrected chi connectivity index (χ0v) is 12.0. The fraction of sp³-hybridized carbons (Fsp3) is 0.583. The van der Waals surface area contributed by atoms with Crippen molar-refractivity contribution in [2.75, 3.05) is 18.5 Å². The average Bonchev–Trinajstić information content (AvgIpc) is 2.77. The van der Waals surface area contributed by atoms with E-state index in [9.17, 15) is 9.59 Å². The number of carbonyl (C=O) groups is 2. The van der Waals surface area contributed by atoms with Crippen molar-refractivity contribution in [3.05, 3.63) is 11.1 Å². The number of nitrogens with one attached hydrogen (secondary N) is 2. The van der Waals surface area contributed by atoms with Gasteiger partial charge in [0, 0.05) is 11.9 Å². The van der Waals surface area contributed by atoms with E-state index in [0.717, 1.165) is 12.8 Å². The van der Waals surface area contributed by atoms with Gasteiger partial charge in [0.1, 0.15) is 0 Å². The summed E-state index contributed by atoms with van der Waals surface area (Å²) in [6.07, 6.45) is 2.10. The van der Waals surface area contributed by atoms with Gasteiger partial charge in [0.25, 0.3) is 0 Å². The summed E-state index contributed by atoms with van der Waals surface area (Å²) in [5.74, 6) is -0.313. The molecule has 0 aromatic carbocycles. The molecule has 0 aliphatic carbocycles. The van der Waals surface area contributed by atoms with E-state index in [1.165, 1.54) is 11.3 Å². The Morgan fingerprint density at radius 2 is 2.21 bits per heavy atom. The lowest BCUT2D eigenvalue weighted by Crippen LogP contribution is -2.29. The first-order valence-electron chi connectivity index (χ1n) is 6.30. The monoisotopic (exact) mass is 285 g/mol. The fourth-order valence-electron chi connectivity index (χ4n) is 1.33. The van der Waals surface area contributed by atoms with E-state index in [1.807, 2.05) is 0 Å². The summed E-state index contributed by atoms with van der Waals surface area (Å²) in [5.41, 5.74) is 0.604. The summed E-state index contributed by atoms with van der Waals surface area (Å²) in [4.78, 5) is 26.9. The standard InChI is InChI=1S/C12H19N3O3S/c1-3-5-6-13-11(17)15-12-14-9(8-19-12)7-10(16)18-4-2/h8H,3-7H2,1-2H3,(H2,13,14,15,17). The summed E-state index contributed by atoms with van der Waals surface area (Å²) in [5, 5.41) is 7.57. The van der Waals surface area contributed by atoms with Gasteiger partial charge < -0.3 is 10.1 Å². The molecule has 0 fully saturated rings. The number of nitrogens with zero attached hydrogens (tertiary/aromatic N) is 1. The second-order valence-electron chi connectivity index (χ2n) is 3.86. The van der Waals surface area contributed by atoms with Gasteiger partial charge in [-0.25, -0.2) is 9.78 Å². The second-order valence-corrected chi connectivity index (χ2v) is 4.72. The minimum Gasteiger partial charge on any atom is -0.466 e. The van der Waals surface area contributed by atoms with Gasteiger partial charge in [0.15, 0.2) is 5.13 Å². The molecule has 6 nitrogen and oxygen atoms in total. The number of anilines is 1. The molecule has 0 spiro atoms. The molecule has 0 atom stereocenters. The summed E-state index contributed by atoms with van der Waals surface area (Å²) < 4.78 is 4.83. The molecule has 19 heavy (non-hydrogen) atoms. The molecule has 1 aromatic heterocycles. The smallest absolute Gasteiger partial charge is 0.321 e. The third-order valence-electron chi connectivity index (χ3n) is 2.22. The molecule has 0 aliphatic heterocycles.